The van der Waals surface area contributed by atoms with E-state index in [1.165, 1.54) is 10.9 Å². The molecule has 0 radical (unpaired) electrons. The molecule has 1 aromatic carbocycles. The first-order chi connectivity index (χ1) is 8.40. The summed E-state index contributed by atoms with van der Waals surface area (Å²) in [4.78, 5) is 4.31. The highest BCUT2D eigenvalue weighted by atomic mass is 14.9. The van der Waals surface area contributed by atoms with Crippen LogP contribution in [0.4, 0.5) is 0 Å². The quantitative estimate of drug-likeness (QED) is 0.743. The molecule has 3 nitrogen and oxygen atoms in total. The van der Waals surface area contributed by atoms with E-state index in [4.69, 9.17) is 0 Å². The zero-order valence-electron chi connectivity index (χ0n) is 10.2. The molecule has 0 saturated heterocycles. The molecule has 2 aromatic rings. The Morgan fingerprint density at radius 2 is 2.12 bits per heavy atom. The maximum Gasteiger partial charge on any atom is 0.0702 e. The van der Waals surface area contributed by atoms with Crippen molar-refractivity contribution in [2.24, 2.45) is 0 Å². The third kappa shape index (κ3) is 3.51. The van der Waals surface area contributed by atoms with Crippen molar-refractivity contribution in [1.82, 2.24) is 15.6 Å². The molecule has 2 rings (SSSR count). The topological polar surface area (TPSA) is 37.0 Å². The first kappa shape index (κ1) is 12.0. The van der Waals surface area contributed by atoms with Crippen molar-refractivity contribution in [3.8, 4) is 0 Å². The summed E-state index contributed by atoms with van der Waals surface area (Å²) < 4.78 is 0. The molecule has 0 fully saturated rings. The van der Waals surface area contributed by atoms with Crippen LogP contribution in [-0.4, -0.2) is 25.1 Å². The third-order valence-corrected chi connectivity index (χ3v) is 2.78. The summed E-state index contributed by atoms with van der Waals surface area (Å²) in [5.74, 6) is 0. The zero-order chi connectivity index (χ0) is 11.9. The van der Waals surface area contributed by atoms with E-state index in [1.807, 2.05) is 19.3 Å². The lowest BCUT2D eigenvalue weighted by molar-refractivity contribution is 0.625. The van der Waals surface area contributed by atoms with Crippen LogP contribution < -0.4 is 10.6 Å². The maximum atomic E-state index is 4.31. The predicted octanol–water partition coefficient (Wildman–Crippen LogP) is 1.93. The molecule has 0 aliphatic carbocycles. The van der Waals surface area contributed by atoms with Crippen LogP contribution in [0, 0.1) is 0 Å². The fourth-order valence-electron chi connectivity index (χ4n) is 1.86. The van der Waals surface area contributed by atoms with Gasteiger partial charge in [-0.3, -0.25) is 4.98 Å². The van der Waals surface area contributed by atoms with Gasteiger partial charge in [0.25, 0.3) is 0 Å². The molecule has 3 heteroatoms. The fourth-order valence-corrected chi connectivity index (χ4v) is 1.86. The van der Waals surface area contributed by atoms with Gasteiger partial charge in [0.05, 0.1) is 5.52 Å². The number of aromatic nitrogens is 1. The van der Waals surface area contributed by atoms with Crippen molar-refractivity contribution in [3.63, 3.8) is 0 Å². The Balaban J connectivity index is 1.90. The summed E-state index contributed by atoms with van der Waals surface area (Å²) in [6, 6.07) is 10.5. The highest BCUT2D eigenvalue weighted by Crippen LogP contribution is 2.12. The molecule has 0 bridgehead atoms. The molecular weight excluding hydrogens is 210 g/mol. The molecule has 0 saturated carbocycles. The number of hydrogen-bond acceptors (Lipinski definition) is 3. The van der Waals surface area contributed by atoms with Gasteiger partial charge < -0.3 is 10.6 Å². The van der Waals surface area contributed by atoms with Crippen LogP contribution in [0.15, 0.2) is 36.5 Å². The Hall–Kier alpha value is -1.45. The molecule has 0 aliphatic heterocycles. The van der Waals surface area contributed by atoms with E-state index in [0.717, 1.165) is 31.6 Å². The standard InChI is InChI=1S/C14H19N3/c1-15-7-3-8-16-11-12-5-6-14-13(10-12)4-2-9-17-14/h2,4-6,9-10,15-16H,3,7-8,11H2,1H3. The number of nitrogens with zero attached hydrogens (tertiary/aromatic N) is 1. The second-order valence-corrected chi connectivity index (χ2v) is 4.16. The van der Waals surface area contributed by atoms with Crippen LogP contribution in [0.5, 0.6) is 0 Å². The number of pyridine rings is 1. The monoisotopic (exact) mass is 229 g/mol. The average Bonchev–Trinajstić information content (AvgIpc) is 2.38. The number of benzene rings is 1. The van der Waals surface area contributed by atoms with Crippen LogP contribution in [0.25, 0.3) is 10.9 Å². The lowest BCUT2D eigenvalue weighted by Crippen LogP contribution is -2.19. The van der Waals surface area contributed by atoms with Crippen LogP contribution in [-0.2, 0) is 6.54 Å². The van der Waals surface area contributed by atoms with Crippen LogP contribution in [0.1, 0.15) is 12.0 Å². The van der Waals surface area contributed by atoms with Gasteiger partial charge in [-0.05, 0) is 50.3 Å². The smallest absolute Gasteiger partial charge is 0.0702 e. The van der Waals surface area contributed by atoms with Gasteiger partial charge in [-0.25, -0.2) is 0 Å². The molecule has 1 aromatic heterocycles. The van der Waals surface area contributed by atoms with Gasteiger partial charge in [-0.1, -0.05) is 12.1 Å². The third-order valence-electron chi connectivity index (χ3n) is 2.78. The van der Waals surface area contributed by atoms with Gasteiger partial charge >= 0.3 is 0 Å². The Bertz CT molecular complexity index is 468. The fraction of sp³-hybridized carbons (Fsp3) is 0.357. The first-order valence-electron chi connectivity index (χ1n) is 6.09. The molecular formula is C14H19N3. The minimum Gasteiger partial charge on any atom is -0.320 e. The molecule has 2 N–H and O–H groups in total. The lowest BCUT2D eigenvalue weighted by Gasteiger charge is -2.05. The van der Waals surface area contributed by atoms with Gasteiger partial charge in [-0.15, -0.1) is 0 Å². The number of fused-ring (bicyclic) bond motifs is 1. The van der Waals surface area contributed by atoms with Crippen molar-refractivity contribution in [1.29, 1.82) is 0 Å². The summed E-state index contributed by atoms with van der Waals surface area (Å²) in [5, 5.41) is 7.79. The van der Waals surface area contributed by atoms with Crippen LogP contribution >= 0.6 is 0 Å². The summed E-state index contributed by atoms with van der Waals surface area (Å²) in [6.07, 6.45) is 2.99. The average molecular weight is 229 g/mol. The van der Waals surface area contributed by atoms with Crippen molar-refractivity contribution >= 4 is 10.9 Å². The summed E-state index contributed by atoms with van der Waals surface area (Å²) in [7, 11) is 1.98. The van der Waals surface area contributed by atoms with Crippen molar-refractivity contribution < 1.29 is 0 Å². The predicted molar refractivity (Wildman–Crippen MR) is 72.0 cm³/mol. The lowest BCUT2D eigenvalue weighted by atomic mass is 10.1. The molecule has 0 unspecified atom stereocenters. The highest BCUT2D eigenvalue weighted by molar-refractivity contribution is 5.78. The van der Waals surface area contributed by atoms with Crippen LogP contribution in [0.2, 0.25) is 0 Å². The minimum absolute atomic E-state index is 0.925. The number of hydrogen-bond donors (Lipinski definition) is 2. The molecule has 0 spiro atoms. The molecule has 0 atom stereocenters. The number of nitrogens with one attached hydrogen (secondary N) is 2. The van der Waals surface area contributed by atoms with E-state index in [2.05, 4.69) is 39.9 Å². The van der Waals surface area contributed by atoms with E-state index in [1.54, 1.807) is 0 Å². The maximum absolute atomic E-state index is 4.31. The van der Waals surface area contributed by atoms with E-state index >= 15 is 0 Å². The van der Waals surface area contributed by atoms with Crippen molar-refractivity contribution in [3.05, 3.63) is 42.1 Å². The van der Waals surface area contributed by atoms with Crippen molar-refractivity contribution in [2.45, 2.75) is 13.0 Å². The summed E-state index contributed by atoms with van der Waals surface area (Å²) >= 11 is 0. The van der Waals surface area contributed by atoms with Gasteiger partial charge in [-0.2, -0.15) is 0 Å². The van der Waals surface area contributed by atoms with Crippen LogP contribution in [0.3, 0.4) is 0 Å². The van der Waals surface area contributed by atoms with E-state index in [0.29, 0.717) is 0 Å². The van der Waals surface area contributed by atoms with Gasteiger partial charge in [0.1, 0.15) is 0 Å². The molecule has 0 amide bonds. The van der Waals surface area contributed by atoms with Gasteiger partial charge in [0, 0.05) is 18.1 Å². The Kier molecular flexibility index (Phi) is 4.47. The second kappa shape index (κ2) is 6.33. The van der Waals surface area contributed by atoms with Crippen molar-refractivity contribution in [2.75, 3.05) is 20.1 Å². The summed E-state index contributed by atoms with van der Waals surface area (Å²) in [5.41, 5.74) is 2.38. The minimum atomic E-state index is 0.925. The Labute approximate surface area is 102 Å². The second-order valence-electron chi connectivity index (χ2n) is 4.16. The zero-order valence-corrected chi connectivity index (χ0v) is 10.2. The molecule has 1 heterocycles. The highest BCUT2D eigenvalue weighted by Gasteiger charge is 1.96. The SMILES string of the molecule is CNCCCNCc1ccc2ncccc2c1. The first-order valence-corrected chi connectivity index (χ1v) is 6.09. The largest absolute Gasteiger partial charge is 0.320 e. The Morgan fingerprint density at radius 3 is 3.00 bits per heavy atom. The summed E-state index contributed by atoms with van der Waals surface area (Å²) in [6.45, 7) is 3.04. The number of rotatable bonds is 6. The van der Waals surface area contributed by atoms with E-state index in [-0.39, 0.29) is 0 Å². The molecule has 90 valence electrons. The molecule has 0 aliphatic rings. The van der Waals surface area contributed by atoms with E-state index < -0.39 is 0 Å². The molecule has 17 heavy (non-hydrogen) atoms. The van der Waals surface area contributed by atoms with Gasteiger partial charge in [0.2, 0.25) is 0 Å². The normalized spacial score (nSPS) is 10.9. The van der Waals surface area contributed by atoms with E-state index in [9.17, 15) is 0 Å². The Morgan fingerprint density at radius 1 is 1.18 bits per heavy atom. The van der Waals surface area contributed by atoms with Gasteiger partial charge in [0.15, 0.2) is 0 Å².